The lowest BCUT2D eigenvalue weighted by molar-refractivity contribution is 0.208. The van der Waals surface area contributed by atoms with E-state index in [9.17, 15) is 0 Å². The van der Waals surface area contributed by atoms with Gasteiger partial charge in [-0.25, -0.2) is 5.84 Å². The van der Waals surface area contributed by atoms with E-state index in [0.29, 0.717) is 30.0 Å². The van der Waals surface area contributed by atoms with Crippen LogP contribution in [0.1, 0.15) is 5.76 Å². The van der Waals surface area contributed by atoms with Gasteiger partial charge in [-0.3, -0.25) is 4.99 Å². The first kappa shape index (κ1) is 11.0. The Hall–Kier alpha value is -1.04. The molecule has 1 aromatic heterocycles. The molecule has 0 aromatic carbocycles. The fraction of sp³-hybridized carbons (Fsp3) is 0.375. The Kier molecular flexibility index (Phi) is 4.45. The van der Waals surface area contributed by atoms with Gasteiger partial charge in [0.15, 0.2) is 16.8 Å². The van der Waals surface area contributed by atoms with Crippen molar-refractivity contribution in [3.8, 4) is 0 Å². The van der Waals surface area contributed by atoms with Gasteiger partial charge in [-0.1, -0.05) is 0 Å². The first-order valence-corrected chi connectivity index (χ1v) is 4.41. The van der Waals surface area contributed by atoms with Crippen molar-refractivity contribution in [1.29, 1.82) is 0 Å². The number of ether oxygens (including phenoxy) is 1. The summed E-state index contributed by atoms with van der Waals surface area (Å²) in [5.74, 6) is 6.23. The van der Waals surface area contributed by atoms with Gasteiger partial charge in [0.25, 0.3) is 0 Å². The number of hydrogen-bond donors (Lipinski definition) is 2. The SMILES string of the molecule is COCCN=C(NN)c1ccc(Cl)o1. The number of halogens is 1. The Morgan fingerprint density at radius 1 is 1.71 bits per heavy atom. The Morgan fingerprint density at radius 3 is 3.00 bits per heavy atom. The summed E-state index contributed by atoms with van der Waals surface area (Å²) in [6, 6.07) is 3.31. The molecule has 1 rings (SSSR count). The fourth-order valence-corrected chi connectivity index (χ4v) is 1.03. The van der Waals surface area contributed by atoms with E-state index in [4.69, 9.17) is 26.6 Å². The highest BCUT2D eigenvalue weighted by molar-refractivity contribution is 6.29. The molecule has 5 nitrogen and oxygen atoms in total. The second-order valence-electron chi connectivity index (χ2n) is 2.47. The number of aliphatic imine (C=N–C) groups is 1. The molecular weight excluding hydrogens is 206 g/mol. The van der Waals surface area contributed by atoms with E-state index >= 15 is 0 Å². The average Bonchev–Trinajstić information content (AvgIpc) is 2.60. The first-order valence-electron chi connectivity index (χ1n) is 4.03. The molecule has 6 heteroatoms. The summed E-state index contributed by atoms with van der Waals surface area (Å²) in [5.41, 5.74) is 2.43. The summed E-state index contributed by atoms with van der Waals surface area (Å²) in [7, 11) is 1.61. The van der Waals surface area contributed by atoms with Crippen LogP contribution in [0.2, 0.25) is 5.22 Å². The number of nitrogens with one attached hydrogen (secondary N) is 1. The lowest BCUT2D eigenvalue weighted by atomic mass is 10.4. The molecule has 0 unspecified atom stereocenters. The van der Waals surface area contributed by atoms with Gasteiger partial charge in [-0.2, -0.15) is 0 Å². The number of furan rings is 1. The van der Waals surface area contributed by atoms with Crippen molar-refractivity contribution >= 4 is 17.4 Å². The van der Waals surface area contributed by atoms with Crippen LogP contribution >= 0.6 is 11.6 Å². The lowest BCUT2D eigenvalue weighted by Gasteiger charge is -2.01. The molecule has 0 fully saturated rings. The van der Waals surface area contributed by atoms with Gasteiger partial charge < -0.3 is 14.6 Å². The molecule has 0 amide bonds. The summed E-state index contributed by atoms with van der Waals surface area (Å²) in [6.45, 7) is 1.04. The molecule has 1 aromatic rings. The zero-order valence-corrected chi connectivity index (χ0v) is 8.54. The average molecular weight is 218 g/mol. The summed E-state index contributed by atoms with van der Waals surface area (Å²) in [5, 5.41) is 0.301. The maximum absolute atomic E-state index is 5.61. The third-order valence-corrected chi connectivity index (χ3v) is 1.71. The molecule has 0 atom stereocenters. The van der Waals surface area contributed by atoms with E-state index in [0.717, 1.165) is 0 Å². The summed E-state index contributed by atoms with van der Waals surface area (Å²) >= 11 is 5.61. The molecule has 3 N–H and O–H groups in total. The van der Waals surface area contributed by atoms with Crippen LogP contribution in [-0.4, -0.2) is 26.1 Å². The van der Waals surface area contributed by atoms with Gasteiger partial charge in [0.05, 0.1) is 13.2 Å². The Labute approximate surface area is 86.9 Å². The van der Waals surface area contributed by atoms with E-state index in [1.54, 1.807) is 19.2 Å². The van der Waals surface area contributed by atoms with Crippen molar-refractivity contribution < 1.29 is 9.15 Å². The maximum atomic E-state index is 5.61. The normalized spacial score (nSPS) is 11.8. The number of hydrazine groups is 1. The third kappa shape index (κ3) is 3.02. The second kappa shape index (κ2) is 5.64. The van der Waals surface area contributed by atoms with E-state index < -0.39 is 0 Å². The van der Waals surface area contributed by atoms with Crippen molar-refractivity contribution in [3.05, 3.63) is 23.1 Å². The van der Waals surface area contributed by atoms with Crippen LogP contribution in [0.5, 0.6) is 0 Å². The number of nitrogens with two attached hydrogens (primary N) is 1. The van der Waals surface area contributed by atoms with Crippen LogP contribution in [0.3, 0.4) is 0 Å². The summed E-state index contributed by atoms with van der Waals surface area (Å²) in [4.78, 5) is 4.12. The van der Waals surface area contributed by atoms with Gasteiger partial charge in [-0.15, -0.1) is 0 Å². The molecule has 0 bridgehead atoms. The predicted octanol–water partition coefficient (Wildman–Crippen LogP) is 0.789. The fourth-order valence-electron chi connectivity index (χ4n) is 0.885. The highest BCUT2D eigenvalue weighted by atomic mass is 35.5. The molecule has 0 radical (unpaired) electrons. The molecule has 14 heavy (non-hydrogen) atoms. The lowest BCUT2D eigenvalue weighted by Crippen LogP contribution is -2.31. The highest BCUT2D eigenvalue weighted by Crippen LogP contribution is 2.12. The number of nitrogens with zero attached hydrogens (tertiary/aromatic N) is 1. The van der Waals surface area contributed by atoms with Crippen molar-refractivity contribution in [2.75, 3.05) is 20.3 Å². The van der Waals surface area contributed by atoms with Crippen molar-refractivity contribution in [3.63, 3.8) is 0 Å². The molecule has 0 aliphatic rings. The second-order valence-corrected chi connectivity index (χ2v) is 2.84. The number of amidine groups is 1. The smallest absolute Gasteiger partial charge is 0.194 e. The van der Waals surface area contributed by atoms with Crippen LogP contribution in [0, 0.1) is 0 Å². The van der Waals surface area contributed by atoms with Crippen LogP contribution in [0.25, 0.3) is 0 Å². The topological polar surface area (TPSA) is 72.8 Å². The first-order chi connectivity index (χ1) is 6.77. The Balaban J connectivity index is 2.66. The minimum atomic E-state index is 0.301. The monoisotopic (exact) mass is 217 g/mol. The Bertz CT molecular complexity index is 311. The van der Waals surface area contributed by atoms with Crippen LogP contribution in [0.4, 0.5) is 0 Å². The number of methoxy groups -OCH3 is 1. The summed E-state index contributed by atoms with van der Waals surface area (Å²) in [6.07, 6.45) is 0. The summed E-state index contributed by atoms with van der Waals surface area (Å²) < 4.78 is 9.96. The quantitative estimate of drug-likeness (QED) is 0.257. The molecule has 0 aliphatic carbocycles. The number of rotatable bonds is 4. The minimum Gasteiger partial charge on any atom is -0.441 e. The minimum absolute atomic E-state index is 0.301. The van der Waals surface area contributed by atoms with Gasteiger partial charge >= 0.3 is 0 Å². The molecule has 0 saturated heterocycles. The molecule has 0 saturated carbocycles. The van der Waals surface area contributed by atoms with Gasteiger partial charge in [0.1, 0.15) is 0 Å². The molecular formula is C8H12ClN3O2. The van der Waals surface area contributed by atoms with Crippen LogP contribution < -0.4 is 11.3 Å². The number of hydrogen-bond acceptors (Lipinski definition) is 4. The van der Waals surface area contributed by atoms with E-state index in [2.05, 4.69) is 10.4 Å². The van der Waals surface area contributed by atoms with Gasteiger partial charge in [-0.05, 0) is 23.7 Å². The molecule has 0 aliphatic heterocycles. The molecule has 1 heterocycles. The van der Waals surface area contributed by atoms with Crippen LogP contribution in [-0.2, 0) is 4.74 Å². The van der Waals surface area contributed by atoms with Crippen molar-refractivity contribution in [1.82, 2.24) is 5.43 Å². The zero-order valence-electron chi connectivity index (χ0n) is 7.79. The van der Waals surface area contributed by atoms with E-state index in [1.165, 1.54) is 0 Å². The third-order valence-electron chi connectivity index (χ3n) is 1.51. The van der Waals surface area contributed by atoms with E-state index in [-0.39, 0.29) is 0 Å². The predicted molar refractivity (Wildman–Crippen MR) is 54.3 cm³/mol. The standard InChI is InChI=1S/C8H12ClN3O2/c1-13-5-4-11-8(12-10)6-2-3-7(9)14-6/h2-3H,4-5,10H2,1H3,(H,11,12). The van der Waals surface area contributed by atoms with Gasteiger partial charge in [0.2, 0.25) is 0 Å². The maximum Gasteiger partial charge on any atom is 0.194 e. The van der Waals surface area contributed by atoms with Gasteiger partial charge in [0, 0.05) is 7.11 Å². The largest absolute Gasteiger partial charge is 0.441 e. The highest BCUT2D eigenvalue weighted by Gasteiger charge is 2.05. The van der Waals surface area contributed by atoms with E-state index in [1.807, 2.05) is 0 Å². The zero-order chi connectivity index (χ0) is 10.4. The molecule has 0 spiro atoms. The Morgan fingerprint density at radius 2 is 2.50 bits per heavy atom. The molecule has 78 valence electrons. The van der Waals surface area contributed by atoms with Crippen molar-refractivity contribution in [2.24, 2.45) is 10.8 Å². The van der Waals surface area contributed by atoms with Crippen LogP contribution in [0.15, 0.2) is 21.5 Å². The van der Waals surface area contributed by atoms with Crippen molar-refractivity contribution in [2.45, 2.75) is 0 Å².